The summed E-state index contributed by atoms with van der Waals surface area (Å²) in [5.74, 6) is 0.547. The maximum atomic E-state index is 12.0. The average molecular weight is 405 g/mol. The molecule has 2 heterocycles. The molecule has 142 valence electrons. The number of aryl methyl sites for hydroxylation is 1. The van der Waals surface area contributed by atoms with E-state index in [4.69, 9.17) is 4.42 Å². The number of benzene rings is 1. The molecule has 0 aliphatic heterocycles. The van der Waals surface area contributed by atoms with Crippen molar-refractivity contribution in [1.82, 2.24) is 20.4 Å². The quantitative estimate of drug-likeness (QED) is 0.541. The molecule has 2 aromatic heterocycles. The van der Waals surface area contributed by atoms with Crippen molar-refractivity contribution in [3.63, 3.8) is 0 Å². The molecule has 2 N–H and O–H groups in total. The van der Waals surface area contributed by atoms with E-state index in [0.717, 1.165) is 12.1 Å². The number of hydrogen-bond donors (Lipinski definition) is 2. The van der Waals surface area contributed by atoms with E-state index in [-0.39, 0.29) is 23.6 Å². The van der Waals surface area contributed by atoms with Crippen LogP contribution in [0, 0.1) is 0 Å². The number of anilines is 3. The van der Waals surface area contributed by atoms with E-state index >= 15 is 0 Å². The topological polar surface area (TPSA) is 106 Å². The largest absolute Gasteiger partial charge is 0.408 e. The Morgan fingerprint density at radius 3 is 2.63 bits per heavy atom. The first-order valence-corrected chi connectivity index (χ1v) is 10.3. The van der Waals surface area contributed by atoms with Crippen LogP contribution >= 0.6 is 23.1 Å². The van der Waals surface area contributed by atoms with Gasteiger partial charge >= 0.3 is 6.01 Å². The summed E-state index contributed by atoms with van der Waals surface area (Å²) in [5.41, 5.74) is 2.23. The van der Waals surface area contributed by atoms with Gasteiger partial charge in [-0.15, -0.1) is 15.3 Å². The van der Waals surface area contributed by atoms with Gasteiger partial charge in [0.1, 0.15) is 0 Å². The van der Waals surface area contributed by atoms with Gasteiger partial charge in [-0.2, -0.15) is 0 Å². The lowest BCUT2D eigenvalue weighted by Crippen LogP contribution is -2.14. The molecule has 0 spiro atoms. The van der Waals surface area contributed by atoms with Gasteiger partial charge in [0.25, 0.3) is 0 Å². The standard InChI is InChI=1S/C17H20N6O2S2/c1-4-11-5-7-12(8-6-11)18-16-22-23-17(27-16)26-9-13(24)19-15-21-20-14(25-15)10(2)3/h5-8,10H,4,9H2,1-3H3,(H,18,22)(H,19,21,24). The lowest BCUT2D eigenvalue weighted by atomic mass is 10.1. The Morgan fingerprint density at radius 1 is 1.19 bits per heavy atom. The number of aromatic nitrogens is 4. The van der Waals surface area contributed by atoms with Gasteiger partial charge in [0, 0.05) is 11.6 Å². The minimum Gasteiger partial charge on any atom is -0.408 e. The lowest BCUT2D eigenvalue weighted by molar-refractivity contribution is -0.113. The van der Waals surface area contributed by atoms with Gasteiger partial charge < -0.3 is 9.73 Å². The summed E-state index contributed by atoms with van der Waals surface area (Å²) in [5, 5.41) is 22.4. The van der Waals surface area contributed by atoms with Crippen LogP contribution in [0.4, 0.5) is 16.8 Å². The highest BCUT2D eigenvalue weighted by Crippen LogP contribution is 2.28. The van der Waals surface area contributed by atoms with Crippen LogP contribution in [0.1, 0.15) is 38.1 Å². The summed E-state index contributed by atoms with van der Waals surface area (Å²) >= 11 is 2.69. The Kier molecular flexibility index (Phi) is 6.40. The summed E-state index contributed by atoms with van der Waals surface area (Å²) in [6.07, 6.45) is 1.00. The van der Waals surface area contributed by atoms with Crippen molar-refractivity contribution < 1.29 is 9.21 Å². The fourth-order valence-corrected chi connectivity index (χ4v) is 3.64. The van der Waals surface area contributed by atoms with Gasteiger partial charge in [-0.05, 0) is 24.1 Å². The summed E-state index contributed by atoms with van der Waals surface area (Å²) in [7, 11) is 0. The molecule has 0 aliphatic rings. The molecule has 0 saturated heterocycles. The van der Waals surface area contributed by atoms with Crippen LogP contribution < -0.4 is 10.6 Å². The molecular formula is C17H20N6O2S2. The third kappa shape index (κ3) is 5.51. The molecule has 0 unspecified atom stereocenters. The maximum absolute atomic E-state index is 12.0. The predicted molar refractivity (Wildman–Crippen MR) is 107 cm³/mol. The zero-order valence-electron chi connectivity index (χ0n) is 15.2. The molecule has 8 nitrogen and oxygen atoms in total. The Balaban J connectivity index is 1.48. The number of rotatable bonds is 8. The normalized spacial score (nSPS) is 11.0. The van der Waals surface area contributed by atoms with Crippen LogP contribution in [0.15, 0.2) is 33.0 Å². The van der Waals surface area contributed by atoms with E-state index in [1.807, 2.05) is 26.0 Å². The monoisotopic (exact) mass is 404 g/mol. The van der Waals surface area contributed by atoms with Crippen molar-refractivity contribution in [1.29, 1.82) is 0 Å². The highest BCUT2D eigenvalue weighted by Gasteiger charge is 2.13. The molecule has 3 aromatic rings. The van der Waals surface area contributed by atoms with E-state index in [9.17, 15) is 4.79 Å². The zero-order chi connectivity index (χ0) is 19.2. The minimum atomic E-state index is -0.237. The smallest absolute Gasteiger partial charge is 0.322 e. The molecule has 0 atom stereocenters. The summed E-state index contributed by atoms with van der Waals surface area (Å²) in [4.78, 5) is 12.0. The van der Waals surface area contributed by atoms with Crippen LogP contribution in [0.3, 0.4) is 0 Å². The number of carbonyl (C=O) groups excluding carboxylic acids is 1. The number of hydrogen-bond acceptors (Lipinski definition) is 9. The van der Waals surface area contributed by atoms with Crippen molar-refractivity contribution in [3.05, 3.63) is 35.7 Å². The average Bonchev–Trinajstić information content (AvgIpc) is 3.30. The molecule has 0 saturated carbocycles. The van der Waals surface area contributed by atoms with Crippen molar-refractivity contribution in [3.8, 4) is 0 Å². The third-order valence-electron chi connectivity index (χ3n) is 3.53. The second-order valence-electron chi connectivity index (χ2n) is 5.99. The fraction of sp³-hybridized carbons (Fsp3) is 0.353. The molecule has 3 rings (SSSR count). The van der Waals surface area contributed by atoms with Crippen molar-refractivity contribution in [2.75, 3.05) is 16.4 Å². The summed E-state index contributed by atoms with van der Waals surface area (Å²) in [6.45, 7) is 6.00. The molecule has 0 bridgehead atoms. The SMILES string of the molecule is CCc1ccc(Nc2nnc(SCC(=O)Nc3nnc(C(C)C)o3)s2)cc1. The van der Waals surface area contributed by atoms with E-state index in [0.29, 0.717) is 15.4 Å². The summed E-state index contributed by atoms with van der Waals surface area (Å²) < 4.78 is 6.06. The molecule has 0 fully saturated rings. The predicted octanol–water partition coefficient (Wildman–Crippen LogP) is 4.08. The highest BCUT2D eigenvalue weighted by molar-refractivity contribution is 8.01. The van der Waals surface area contributed by atoms with Gasteiger partial charge in [0.2, 0.25) is 16.9 Å². The fourth-order valence-electron chi connectivity index (χ4n) is 2.07. The molecule has 27 heavy (non-hydrogen) atoms. The Labute approximate surface area is 165 Å². The molecule has 10 heteroatoms. The Bertz CT molecular complexity index is 891. The Hall–Kier alpha value is -2.46. The van der Waals surface area contributed by atoms with E-state index in [1.54, 1.807) is 0 Å². The second kappa shape index (κ2) is 8.96. The van der Waals surface area contributed by atoms with Crippen molar-refractivity contribution in [2.24, 2.45) is 0 Å². The summed E-state index contributed by atoms with van der Waals surface area (Å²) in [6, 6.07) is 8.28. The van der Waals surface area contributed by atoms with Crippen LogP contribution in [0.2, 0.25) is 0 Å². The van der Waals surface area contributed by atoms with E-state index in [1.165, 1.54) is 28.7 Å². The van der Waals surface area contributed by atoms with Gasteiger partial charge in [-0.25, -0.2) is 0 Å². The lowest BCUT2D eigenvalue weighted by Gasteiger charge is -2.02. The second-order valence-corrected chi connectivity index (χ2v) is 8.19. The number of nitrogens with zero attached hydrogens (tertiary/aromatic N) is 4. The van der Waals surface area contributed by atoms with Crippen LogP contribution in [0.5, 0.6) is 0 Å². The van der Waals surface area contributed by atoms with Crippen LogP contribution in [0.25, 0.3) is 0 Å². The molecule has 1 aromatic carbocycles. The van der Waals surface area contributed by atoms with E-state index < -0.39 is 0 Å². The molecule has 1 amide bonds. The molecular weight excluding hydrogens is 384 g/mol. The highest BCUT2D eigenvalue weighted by atomic mass is 32.2. The first kappa shape index (κ1) is 19.3. The third-order valence-corrected chi connectivity index (χ3v) is 5.50. The molecule has 0 aliphatic carbocycles. The minimum absolute atomic E-state index is 0.111. The zero-order valence-corrected chi connectivity index (χ0v) is 16.9. The van der Waals surface area contributed by atoms with Crippen LogP contribution in [-0.2, 0) is 11.2 Å². The first-order valence-electron chi connectivity index (χ1n) is 8.49. The maximum Gasteiger partial charge on any atom is 0.322 e. The van der Waals surface area contributed by atoms with Crippen molar-refractivity contribution in [2.45, 2.75) is 37.4 Å². The van der Waals surface area contributed by atoms with Crippen molar-refractivity contribution >= 4 is 45.8 Å². The number of carbonyl (C=O) groups is 1. The van der Waals surface area contributed by atoms with Gasteiger partial charge in [-0.1, -0.05) is 61.1 Å². The first-order chi connectivity index (χ1) is 13.0. The van der Waals surface area contributed by atoms with Gasteiger partial charge in [-0.3, -0.25) is 10.1 Å². The van der Waals surface area contributed by atoms with E-state index in [2.05, 4.69) is 50.1 Å². The van der Waals surface area contributed by atoms with Crippen LogP contribution in [-0.4, -0.2) is 32.1 Å². The number of thioether (sulfide) groups is 1. The van der Waals surface area contributed by atoms with Gasteiger partial charge in [0.05, 0.1) is 5.75 Å². The Morgan fingerprint density at radius 2 is 1.96 bits per heavy atom. The molecule has 0 radical (unpaired) electrons. The number of amides is 1. The van der Waals surface area contributed by atoms with Gasteiger partial charge in [0.15, 0.2) is 4.34 Å². The number of nitrogens with one attached hydrogen (secondary N) is 2.